The summed E-state index contributed by atoms with van der Waals surface area (Å²) in [5, 5.41) is 10.5. The Hall–Kier alpha value is -1.94. The van der Waals surface area contributed by atoms with Gasteiger partial charge in [0.2, 0.25) is 0 Å². The topological polar surface area (TPSA) is 237 Å². The molecular formula is C69H134O17P2. The van der Waals surface area contributed by atoms with Gasteiger partial charge in [0.1, 0.15) is 19.3 Å². The summed E-state index contributed by atoms with van der Waals surface area (Å²) in [6, 6.07) is 0. The number of carbonyl (C=O) groups is 4. The maximum atomic E-state index is 13.0. The standard InChI is InChI=1S/C69H134O17P2/c1-5-9-13-17-20-23-26-28-30-31-32-33-34-36-38-41-44-48-52-56-69(74)86-65(60-80-67(72)54-50-46-42-40-37-35-29-27-24-21-18-14-10-6-2)62-84-88(77,78)82-58-63(70)57-81-87(75,76)83-61-64(59-79-66(71)53-49-45-16-12-8-4)85-68(73)55-51-47-43-39-25-22-19-15-11-7-3/h63-65,70H,5-62H2,1-4H3,(H,75,76)(H,77,78)/t63-,64+,65+/m0/s1. The van der Waals surface area contributed by atoms with Crippen LogP contribution in [0.2, 0.25) is 0 Å². The Labute approximate surface area is 537 Å². The number of unbranched alkanes of at least 4 members (excludes halogenated alkanes) is 44. The predicted molar refractivity (Wildman–Crippen MR) is 354 cm³/mol. The van der Waals surface area contributed by atoms with Gasteiger partial charge in [-0.25, -0.2) is 9.13 Å². The normalized spacial score (nSPS) is 14.0. The van der Waals surface area contributed by atoms with Crippen molar-refractivity contribution >= 4 is 39.5 Å². The molecule has 0 spiro atoms. The van der Waals surface area contributed by atoms with Gasteiger partial charge in [-0.1, -0.05) is 310 Å². The molecule has 0 aromatic carbocycles. The number of phosphoric ester groups is 2. The van der Waals surface area contributed by atoms with Crippen molar-refractivity contribution < 1.29 is 80.2 Å². The fourth-order valence-corrected chi connectivity index (χ4v) is 12.1. The Kier molecular flexibility index (Phi) is 62.4. The molecule has 0 aliphatic heterocycles. The second-order valence-electron chi connectivity index (χ2n) is 24.9. The van der Waals surface area contributed by atoms with Crippen molar-refractivity contribution in [3.05, 3.63) is 0 Å². The van der Waals surface area contributed by atoms with Crippen molar-refractivity contribution in [1.82, 2.24) is 0 Å². The van der Waals surface area contributed by atoms with E-state index in [0.717, 1.165) is 96.3 Å². The molecule has 0 aliphatic rings. The first-order chi connectivity index (χ1) is 42.7. The van der Waals surface area contributed by atoms with Crippen LogP contribution in [0.25, 0.3) is 0 Å². The number of hydrogen-bond donors (Lipinski definition) is 3. The highest BCUT2D eigenvalue weighted by atomic mass is 31.2. The van der Waals surface area contributed by atoms with Crippen LogP contribution >= 0.6 is 15.6 Å². The molecule has 0 fully saturated rings. The first kappa shape index (κ1) is 86.1. The lowest BCUT2D eigenvalue weighted by molar-refractivity contribution is -0.161. The molecule has 3 N–H and O–H groups in total. The third-order valence-electron chi connectivity index (χ3n) is 16.1. The van der Waals surface area contributed by atoms with E-state index in [1.54, 1.807) is 0 Å². The van der Waals surface area contributed by atoms with Crippen LogP contribution in [0.15, 0.2) is 0 Å². The number of hydrogen-bond acceptors (Lipinski definition) is 15. The number of aliphatic hydroxyl groups is 1. The Morgan fingerprint density at radius 2 is 0.455 bits per heavy atom. The number of phosphoric acid groups is 2. The Morgan fingerprint density at radius 1 is 0.273 bits per heavy atom. The highest BCUT2D eigenvalue weighted by molar-refractivity contribution is 7.47. The second-order valence-corrected chi connectivity index (χ2v) is 27.8. The Balaban J connectivity index is 5.13. The molecular weight excluding hydrogens is 1160 g/mol. The molecule has 0 radical (unpaired) electrons. The Morgan fingerprint density at radius 3 is 0.670 bits per heavy atom. The molecule has 0 rings (SSSR count). The lowest BCUT2D eigenvalue weighted by atomic mass is 10.0. The summed E-state index contributed by atoms with van der Waals surface area (Å²) in [7, 11) is -9.88. The average Bonchev–Trinajstić information content (AvgIpc) is 3.70. The van der Waals surface area contributed by atoms with E-state index in [9.17, 15) is 43.2 Å². The number of ether oxygens (including phenoxy) is 4. The van der Waals surface area contributed by atoms with Crippen molar-refractivity contribution in [2.75, 3.05) is 39.6 Å². The van der Waals surface area contributed by atoms with E-state index in [1.165, 1.54) is 186 Å². The van der Waals surface area contributed by atoms with Gasteiger partial charge in [-0.3, -0.25) is 37.3 Å². The molecule has 0 aromatic heterocycles. The highest BCUT2D eigenvalue weighted by Crippen LogP contribution is 2.45. The van der Waals surface area contributed by atoms with Gasteiger partial charge in [0.25, 0.3) is 0 Å². The maximum absolute atomic E-state index is 13.0. The van der Waals surface area contributed by atoms with Gasteiger partial charge in [0.15, 0.2) is 12.2 Å². The summed E-state index contributed by atoms with van der Waals surface area (Å²) in [6.07, 6.45) is 51.7. The van der Waals surface area contributed by atoms with E-state index in [1.807, 2.05) is 0 Å². The number of rotatable bonds is 70. The smallest absolute Gasteiger partial charge is 0.462 e. The van der Waals surface area contributed by atoms with E-state index in [-0.39, 0.29) is 25.7 Å². The maximum Gasteiger partial charge on any atom is 0.472 e. The third kappa shape index (κ3) is 62.8. The van der Waals surface area contributed by atoms with Gasteiger partial charge in [-0.15, -0.1) is 0 Å². The monoisotopic (exact) mass is 1300 g/mol. The molecule has 522 valence electrons. The van der Waals surface area contributed by atoms with E-state index in [2.05, 4.69) is 27.7 Å². The molecule has 0 saturated heterocycles. The van der Waals surface area contributed by atoms with E-state index >= 15 is 0 Å². The van der Waals surface area contributed by atoms with Crippen LogP contribution in [0.3, 0.4) is 0 Å². The number of carbonyl (C=O) groups excluding carboxylic acids is 4. The summed E-state index contributed by atoms with van der Waals surface area (Å²) in [4.78, 5) is 72.2. The lowest BCUT2D eigenvalue weighted by Crippen LogP contribution is -2.30. The van der Waals surface area contributed by atoms with Crippen molar-refractivity contribution in [2.45, 2.75) is 380 Å². The minimum atomic E-state index is -4.95. The molecule has 88 heavy (non-hydrogen) atoms. The summed E-state index contributed by atoms with van der Waals surface area (Å²) in [5.74, 6) is -2.13. The van der Waals surface area contributed by atoms with Gasteiger partial charge in [-0.2, -0.15) is 0 Å². The average molecular weight is 1300 g/mol. The molecule has 0 aliphatic carbocycles. The lowest BCUT2D eigenvalue weighted by Gasteiger charge is -2.21. The SMILES string of the molecule is CCCCCCCCCCCCCCCCCCCCCC(=O)O[C@H](COC(=O)CCCCCCCCCCCCCCCC)COP(=O)(O)OC[C@@H](O)COP(=O)(O)OC[C@@H](COC(=O)CCCCCCC)OC(=O)CCCCCCCCCCCC. The summed E-state index contributed by atoms with van der Waals surface area (Å²) in [6.45, 7) is 4.84. The molecule has 0 heterocycles. The van der Waals surface area contributed by atoms with Gasteiger partial charge >= 0.3 is 39.5 Å². The van der Waals surface area contributed by atoms with Crippen molar-refractivity contribution in [3.8, 4) is 0 Å². The van der Waals surface area contributed by atoms with Crippen LogP contribution in [-0.4, -0.2) is 96.7 Å². The summed E-state index contributed by atoms with van der Waals surface area (Å²) >= 11 is 0. The zero-order chi connectivity index (χ0) is 64.7. The zero-order valence-electron chi connectivity index (χ0n) is 56.7. The number of aliphatic hydroxyl groups excluding tert-OH is 1. The third-order valence-corrected chi connectivity index (χ3v) is 18.0. The zero-order valence-corrected chi connectivity index (χ0v) is 58.5. The van der Waals surface area contributed by atoms with Crippen LogP contribution in [-0.2, 0) is 65.4 Å². The van der Waals surface area contributed by atoms with Gasteiger partial charge in [0.05, 0.1) is 26.4 Å². The van der Waals surface area contributed by atoms with Crippen molar-refractivity contribution in [1.29, 1.82) is 0 Å². The molecule has 19 heteroatoms. The largest absolute Gasteiger partial charge is 0.472 e. The fourth-order valence-electron chi connectivity index (χ4n) is 10.5. The van der Waals surface area contributed by atoms with Gasteiger partial charge in [0, 0.05) is 25.7 Å². The first-order valence-corrected chi connectivity index (χ1v) is 39.3. The molecule has 0 bridgehead atoms. The molecule has 0 amide bonds. The van der Waals surface area contributed by atoms with Crippen LogP contribution in [0.1, 0.15) is 362 Å². The minimum absolute atomic E-state index is 0.106. The first-order valence-electron chi connectivity index (χ1n) is 36.3. The quantitative estimate of drug-likeness (QED) is 0.0222. The molecule has 17 nitrogen and oxygen atoms in total. The van der Waals surface area contributed by atoms with E-state index in [0.29, 0.717) is 25.7 Å². The fraction of sp³-hybridized carbons (Fsp3) is 0.942. The van der Waals surface area contributed by atoms with Gasteiger partial charge in [-0.05, 0) is 25.7 Å². The summed E-state index contributed by atoms with van der Waals surface area (Å²) < 4.78 is 68.0. The predicted octanol–water partition coefficient (Wildman–Crippen LogP) is 19.9. The van der Waals surface area contributed by atoms with E-state index < -0.39 is 97.5 Å². The molecule has 0 aromatic rings. The Bertz CT molecular complexity index is 1690. The molecule has 5 atom stereocenters. The highest BCUT2D eigenvalue weighted by Gasteiger charge is 2.30. The van der Waals surface area contributed by atoms with Crippen molar-refractivity contribution in [2.24, 2.45) is 0 Å². The molecule has 0 saturated carbocycles. The van der Waals surface area contributed by atoms with Crippen LogP contribution < -0.4 is 0 Å². The minimum Gasteiger partial charge on any atom is -0.462 e. The van der Waals surface area contributed by atoms with E-state index in [4.69, 9.17) is 37.0 Å². The van der Waals surface area contributed by atoms with Gasteiger partial charge < -0.3 is 33.8 Å². The van der Waals surface area contributed by atoms with Crippen LogP contribution in [0.4, 0.5) is 0 Å². The van der Waals surface area contributed by atoms with Crippen molar-refractivity contribution in [3.63, 3.8) is 0 Å². The summed E-state index contributed by atoms with van der Waals surface area (Å²) in [5.41, 5.74) is 0. The van der Waals surface area contributed by atoms with Crippen LogP contribution in [0, 0.1) is 0 Å². The van der Waals surface area contributed by atoms with Crippen LogP contribution in [0.5, 0.6) is 0 Å². The second kappa shape index (κ2) is 63.8. The number of esters is 4. The molecule has 2 unspecified atom stereocenters.